The fourth-order valence-electron chi connectivity index (χ4n) is 3.02. The van der Waals surface area contributed by atoms with E-state index in [-0.39, 0.29) is 11.6 Å². The predicted molar refractivity (Wildman–Crippen MR) is 107 cm³/mol. The minimum Gasteiger partial charge on any atom is -0.298 e. The number of rotatable bonds is 4. The van der Waals surface area contributed by atoms with Crippen molar-refractivity contribution in [2.24, 2.45) is 10.1 Å². The van der Waals surface area contributed by atoms with Crippen molar-refractivity contribution in [3.63, 3.8) is 0 Å². The minimum absolute atomic E-state index is 0.00808. The zero-order chi connectivity index (χ0) is 19.7. The molecule has 0 fully saturated rings. The first-order chi connectivity index (χ1) is 13.6. The first-order valence-electron chi connectivity index (χ1n) is 8.43. The Bertz CT molecular complexity index is 1130. The molecule has 140 valence electrons. The first-order valence-corrected chi connectivity index (χ1v) is 9.41. The molecule has 2 aliphatic rings. The number of nitrogens with one attached hydrogen (secondary N) is 1. The number of para-hydroxylation sites is 1. The van der Waals surface area contributed by atoms with E-state index < -0.39 is 11.1 Å². The van der Waals surface area contributed by atoms with Gasteiger partial charge in [0.1, 0.15) is 5.70 Å². The number of amides is 1. The molecule has 2 aromatic carbocycles. The largest absolute Gasteiger partial charge is 0.298 e. The lowest BCUT2D eigenvalue weighted by Gasteiger charge is -2.34. The maximum absolute atomic E-state index is 12.8. The van der Waals surface area contributed by atoms with Crippen LogP contribution in [0.1, 0.15) is 11.7 Å². The molecule has 0 radical (unpaired) electrons. The molecule has 1 amide bonds. The molecule has 9 heteroatoms. The lowest BCUT2D eigenvalue weighted by molar-refractivity contribution is -0.384. The number of hydrogen-bond acceptors (Lipinski definition) is 7. The fourth-order valence-corrected chi connectivity index (χ4v) is 3.60. The van der Waals surface area contributed by atoms with Crippen LogP contribution >= 0.6 is 11.8 Å². The summed E-state index contributed by atoms with van der Waals surface area (Å²) in [6, 6.07) is 13.5. The SMILES string of the molecule is C=CCSC1=NN2C(=c3ccccc3=N[C@H]2c2ccc([N+](=O)[O-])cc2)C(=O)N1. The first kappa shape index (κ1) is 17.9. The van der Waals surface area contributed by atoms with Gasteiger partial charge in [0.05, 0.1) is 10.3 Å². The average Bonchev–Trinajstić information content (AvgIpc) is 2.71. The molecule has 1 N–H and O–H groups in total. The van der Waals surface area contributed by atoms with Gasteiger partial charge in [-0.1, -0.05) is 36.0 Å². The molecule has 0 aromatic heterocycles. The Labute approximate surface area is 164 Å². The third-order valence-electron chi connectivity index (χ3n) is 4.26. The smallest absolute Gasteiger partial charge is 0.276 e. The van der Waals surface area contributed by atoms with E-state index >= 15 is 0 Å². The maximum Gasteiger partial charge on any atom is 0.276 e. The van der Waals surface area contributed by atoms with Crippen molar-refractivity contribution < 1.29 is 9.72 Å². The highest BCUT2D eigenvalue weighted by atomic mass is 32.2. The van der Waals surface area contributed by atoms with Gasteiger partial charge >= 0.3 is 0 Å². The highest BCUT2D eigenvalue weighted by molar-refractivity contribution is 8.14. The summed E-state index contributed by atoms with van der Waals surface area (Å²) in [7, 11) is 0. The Kier molecular flexibility index (Phi) is 4.66. The van der Waals surface area contributed by atoms with E-state index in [0.717, 1.165) is 0 Å². The Hall–Kier alpha value is -3.46. The molecule has 0 saturated heterocycles. The van der Waals surface area contributed by atoms with Gasteiger partial charge in [-0.15, -0.1) is 11.7 Å². The van der Waals surface area contributed by atoms with Crippen LogP contribution in [0.2, 0.25) is 0 Å². The van der Waals surface area contributed by atoms with Crippen LogP contribution in [0.3, 0.4) is 0 Å². The molecule has 2 heterocycles. The van der Waals surface area contributed by atoms with E-state index in [0.29, 0.717) is 32.8 Å². The van der Waals surface area contributed by atoms with Gasteiger partial charge in [-0.2, -0.15) is 0 Å². The molecular formula is C19H15N5O3S. The van der Waals surface area contributed by atoms with Crippen LogP contribution < -0.4 is 15.9 Å². The number of nitro benzene ring substituents is 1. The van der Waals surface area contributed by atoms with Crippen molar-refractivity contribution in [2.75, 3.05) is 5.75 Å². The minimum atomic E-state index is -0.601. The average molecular weight is 393 g/mol. The summed E-state index contributed by atoms with van der Waals surface area (Å²) in [6.07, 6.45) is 1.12. The number of fused-ring (bicyclic) bond motifs is 2. The van der Waals surface area contributed by atoms with E-state index in [1.165, 1.54) is 23.9 Å². The second kappa shape index (κ2) is 7.28. The summed E-state index contributed by atoms with van der Waals surface area (Å²) in [5.74, 6) is 0.328. The van der Waals surface area contributed by atoms with Crippen molar-refractivity contribution in [2.45, 2.75) is 6.17 Å². The molecular weight excluding hydrogens is 378 g/mol. The number of thioether (sulfide) groups is 1. The molecule has 0 bridgehead atoms. The molecule has 2 aromatic rings. The standard InChI is InChI=1S/C19H15N5O3S/c1-2-11-28-19-21-18(25)16-14-5-3-4-6-15(14)20-17(23(16)22-19)12-7-9-13(10-8-12)24(26)27/h2-10,17H,1,11H2,(H,21,22,25)/t17-/m1/s1. The summed E-state index contributed by atoms with van der Waals surface area (Å²) in [4.78, 5) is 28.1. The zero-order valence-electron chi connectivity index (χ0n) is 14.6. The number of amidine groups is 1. The van der Waals surface area contributed by atoms with Crippen LogP contribution in [-0.2, 0) is 4.79 Å². The number of carbonyl (C=O) groups is 1. The Morgan fingerprint density at radius 1 is 1.25 bits per heavy atom. The van der Waals surface area contributed by atoms with Crippen molar-refractivity contribution >= 4 is 34.2 Å². The van der Waals surface area contributed by atoms with E-state index in [9.17, 15) is 14.9 Å². The third kappa shape index (κ3) is 3.16. The van der Waals surface area contributed by atoms with Gasteiger partial charge in [0.2, 0.25) is 0 Å². The fraction of sp³-hybridized carbons (Fsp3) is 0.105. The van der Waals surface area contributed by atoms with Gasteiger partial charge in [-0.3, -0.25) is 25.2 Å². The number of nitro groups is 1. The second-order valence-electron chi connectivity index (χ2n) is 6.02. The quantitative estimate of drug-likeness (QED) is 0.484. The molecule has 1 atom stereocenters. The van der Waals surface area contributed by atoms with Crippen LogP contribution in [0, 0.1) is 10.1 Å². The van der Waals surface area contributed by atoms with Gasteiger partial charge in [0.15, 0.2) is 11.3 Å². The third-order valence-corrected chi connectivity index (χ3v) is 5.11. The molecule has 28 heavy (non-hydrogen) atoms. The summed E-state index contributed by atoms with van der Waals surface area (Å²) in [5.41, 5.74) is 1.09. The number of non-ortho nitro benzene ring substituents is 1. The highest BCUT2D eigenvalue weighted by Gasteiger charge is 2.34. The molecule has 2 aliphatic heterocycles. The van der Waals surface area contributed by atoms with Gasteiger partial charge in [-0.25, -0.2) is 5.01 Å². The Morgan fingerprint density at radius 3 is 2.71 bits per heavy atom. The molecule has 4 rings (SSSR count). The molecule has 0 aliphatic carbocycles. The summed E-state index contributed by atoms with van der Waals surface area (Å²) in [5, 5.41) is 21.7. The second-order valence-corrected chi connectivity index (χ2v) is 7.03. The van der Waals surface area contributed by atoms with Crippen molar-refractivity contribution in [1.82, 2.24) is 10.3 Å². The van der Waals surface area contributed by atoms with E-state index in [1.807, 2.05) is 24.3 Å². The normalized spacial score (nSPS) is 17.6. The Morgan fingerprint density at radius 2 is 2.00 bits per heavy atom. The zero-order valence-corrected chi connectivity index (χ0v) is 15.4. The molecule has 8 nitrogen and oxygen atoms in total. The van der Waals surface area contributed by atoms with Gasteiger partial charge in [0.25, 0.3) is 11.6 Å². The van der Waals surface area contributed by atoms with Crippen LogP contribution in [-0.4, -0.2) is 26.8 Å². The number of hydrazone groups is 1. The summed E-state index contributed by atoms with van der Waals surface area (Å²) < 4.78 is 0. The van der Waals surface area contributed by atoms with Gasteiger partial charge in [0, 0.05) is 23.1 Å². The van der Waals surface area contributed by atoms with E-state index in [2.05, 4.69) is 17.0 Å². The van der Waals surface area contributed by atoms with Gasteiger partial charge < -0.3 is 0 Å². The van der Waals surface area contributed by atoms with Crippen LogP contribution in [0.15, 0.2) is 71.3 Å². The van der Waals surface area contributed by atoms with E-state index in [1.54, 1.807) is 23.2 Å². The van der Waals surface area contributed by atoms with Crippen LogP contribution in [0.4, 0.5) is 5.69 Å². The lowest BCUT2D eigenvalue weighted by Crippen LogP contribution is -2.50. The van der Waals surface area contributed by atoms with Crippen LogP contribution in [0.5, 0.6) is 0 Å². The molecule has 0 spiro atoms. The lowest BCUT2D eigenvalue weighted by atomic mass is 10.1. The predicted octanol–water partition coefficient (Wildman–Crippen LogP) is 1.66. The maximum atomic E-state index is 12.8. The molecule has 0 unspecified atom stereocenters. The number of hydrogen-bond donors (Lipinski definition) is 1. The van der Waals surface area contributed by atoms with Crippen LogP contribution in [0.25, 0.3) is 5.70 Å². The Balaban J connectivity index is 1.86. The van der Waals surface area contributed by atoms with Crippen molar-refractivity contribution in [3.05, 3.63) is 87.4 Å². The van der Waals surface area contributed by atoms with E-state index in [4.69, 9.17) is 4.99 Å². The number of benzene rings is 2. The number of nitrogens with zero attached hydrogens (tertiary/aromatic N) is 4. The summed E-state index contributed by atoms with van der Waals surface area (Å²) >= 11 is 1.36. The topological polar surface area (TPSA) is 100 Å². The number of carbonyl (C=O) groups excluding carboxylic acids is 1. The van der Waals surface area contributed by atoms with Crippen molar-refractivity contribution in [3.8, 4) is 0 Å². The van der Waals surface area contributed by atoms with Gasteiger partial charge in [-0.05, 0) is 23.8 Å². The monoisotopic (exact) mass is 393 g/mol. The summed E-state index contributed by atoms with van der Waals surface area (Å²) in [6.45, 7) is 3.68. The molecule has 0 saturated carbocycles. The van der Waals surface area contributed by atoms with Crippen molar-refractivity contribution in [1.29, 1.82) is 0 Å². The highest BCUT2D eigenvalue weighted by Crippen LogP contribution is 2.31.